The fraction of sp³-hybridized carbons (Fsp3) is 0.560. The minimum absolute atomic E-state index is 0.00116. The maximum absolute atomic E-state index is 15.1. The van der Waals surface area contributed by atoms with Crippen LogP contribution < -0.4 is 0 Å². The van der Waals surface area contributed by atoms with Crippen LogP contribution in [0.1, 0.15) is 45.1 Å². The lowest BCUT2D eigenvalue weighted by Crippen LogP contribution is -2.51. The van der Waals surface area contributed by atoms with Crippen LogP contribution in [0.5, 0.6) is 0 Å². The van der Waals surface area contributed by atoms with Crippen molar-refractivity contribution in [2.75, 3.05) is 26.2 Å². The molecule has 1 saturated heterocycles. The minimum atomic E-state index is -2.44. The molecule has 2 atom stereocenters. The van der Waals surface area contributed by atoms with Crippen LogP contribution in [-0.4, -0.2) is 59.7 Å². The van der Waals surface area contributed by atoms with Crippen molar-refractivity contribution >= 4 is 11.5 Å². The summed E-state index contributed by atoms with van der Waals surface area (Å²) in [5.74, 6) is -2.70. The van der Waals surface area contributed by atoms with Crippen molar-refractivity contribution in [1.29, 1.82) is 0 Å². The normalized spacial score (nSPS) is 25.3. The molecule has 0 amide bonds. The Morgan fingerprint density at radius 1 is 1.22 bits per heavy atom. The molecule has 4 nitrogen and oxygen atoms in total. The van der Waals surface area contributed by atoms with Gasteiger partial charge in [0.05, 0.1) is 6.61 Å². The van der Waals surface area contributed by atoms with Crippen molar-refractivity contribution < 1.29 is 27.8 Å². The van der Waals surface area contributed by atoms with Crippen LogP contribution in [0.25, 0.3) is 5.57 Å². The van der Waals surface area contributed by atoms with Crippen LogP contribution in [0.15, 0.2) is 48.3 Å². The van der Waals surface area contributed by atoms with E-state index in [2.05, 4.69) is 4.90 Å². The van der Waals surface area contributed by atoms with E-state index in [4.69, 9.17) is 4.74 Å². The molecule has 0 spiro atoms. The SMILES string of the molecule is CCC(F)(CC)CN1CCC(COC2(C(=O)O)C=CC(c3ccccc3)=C(F)C2F)CC1. The van der Waals surface area contributed by atoms with Crippen molar-refractivity contribution in [2.45, 2.75) is 57.0 Å². The number of piperidine rings is 1. The van der Waals surface area contributed by atoms with Crippen molar-refractivity contribution in [1.82, 2.24) is 4.90 Å². The number of carboxylic acids is 1. The molecule has 1 aromatic rings. The van der Waals surface area contributed by atoms with Gasteiger partial charge in [-0.1, -0.05) is 50.3 Å². The number of carboxylic acid groups (broad SMARTS) is 1. The number of halogens is 3. The number of rotatable bonds is 9. The Kier molecular flexibility index (Phi) is 7.83. The number of allylic oxidation sites excluding steroid dienone is 2. The van der Waals surface area contributed by atoms with Gasteiger partial charge in [0.2, 0.25) is 5.60 Å². The number of alkyl halides is 2. The highest BCUT2D eigenvalue weighted by Crippen LogP contribution is 2.39. The lowest BCUT2D eigenvalue weighted by Gasteiger charge is -2.38. The van der Waals surface area contributed by atoms with Crippen LogP contribution in [0.4, 0.5) is 13.2 Å². The fourth-order valence-corrected chi connectivity index (χ4v) is 4.35. The first kappa shape index (κ1) is 24.5. The summed E-state index contributed by atoms with van der Waals surface area (Å²) >= 11 is 0. The summed E-state index contributed by atoms with van der Waals surface area (Å²) in [6, 6.07) is 8.43. The highest BCUT2D eigenvalue weighted by Gasteiger charge is 2.51. The number of nitrogens with zero attached hydrogens (tertiary/aromatic N) is 1. The second kappa shape index (κ2) is 10.2. The van der Waals surface area contributed by atoms with Gasteiger partial charge in [0, 0.05) is 12.1 Å². The third-order valence-electron chi connectivity index (χ3n) is 6.81. The lowest BCUT2D eigenvalue weighted by atomic mass is 9.86. The summed E-state index contributed by atoms with van der Waals surface area (Å²) in [7, 11) is 0. The lowest BCUT2D eigenvalue weighted by molar-refractivity contribution is -0.169. The Balaban J connectivity index is 1.63. The molecule has 176 valence electrons. The highest BCUT2D eigenvalue weighted by atomic mass is 19.2. The van der Waals surface area contributed by atoms with Crippen LogP contribution in [0.2, 0.25) is 0 Å². The van der Waals surface area contributed by atoms with Gasteiger partial charge in [-0.25, -0.2) is 18.0 Å². The molecule has 32 heavy (non-hydrogen) atoms. The summed E-state index contributed by atoms with van der Waals surface area (Å²) in [5, 5.41) is 9.73. The Hall–Kier alpha value is -2.12. The van der Waals surface area contributed by atoms with Gasteiger partial charge in [-0.05, 0) is 56.3 Å². The van der Waals surface area contributed by atoms with Crippen LogP contribution in [0, 0.1) is 5.92 Å². The van der Waals surface area contributed by atoms with Gasteiger partial charge in [-0.2, -0.15) is 0 Å². The van der Waals surface area contributed by atoms with Crippen LogP contribution >= 0.6 is 0 Å². The molecule has 1 N–H and O–H groups in total. The summed E-state index contributed by atoms with van der Waals surface area (Å²) in [6.07, 6.45) is 2.25. The quantitative estimate of drug-likeness (QED) is 0.550. The van der Waals surface area contributed by atoms with Crippen LogP contribution in [0.3, 0.4) is 0 Å². The van der Waals surface area contributed by atoms with E-state index in [0.717, 1.165) is 6.08 Å². The Morgan fingerprint density at radius 2 is 1.84 bits per heavy atom. The van der Waals surface area contributed by atoms with Gasteiger partial charge in [0.15, 0.2) is 6.17 Å². The van der Waals surface area contributed by atoms with Crippen LogP contribution in [-0.2, 0) is 9.53 Å². The van der Waals surface area contributed by atoms with E-state index in [1.165, 1.54) is 6.08 Å². The highest BCUT2D eigenvalue weighted by molar-refractivity contribution is 5.88. The second-order valence-electron chi connectivity index (χ2n) is 8.81. The third-order valence-corrected chi connectivity index (χ3v) is 6.81. The van der Waals surface area contributed by atoms with Gasteiger partial charge < -0.3 is 14.7 Å². The van der Waals surface area contributed by atoms with E-state index in [9.17, 15) is 18.7 Å². The number of aliphatic carboxylic acids is 1. The van der Waals surface area contributed by atoms with Gasteiger partial charge in [-0.15, -0.1) is 0 Å². The third kappa shape index (κ3) is 5.09. The molecule has 1 heterocycles. The average Bonchev–Trinajstić information content (AvgIpc) is 2.81. The molecule has 1 aliphatic carbocycles. The predicted molar refractivity (Wildman–Crippen MR) is 118 cm³/mol. The van der Waals surface area contributed by atoms with Crippen molar-refractivity contribution in [3.63, 3.8) is 0 Å². The number of hydrogen-bond donors (Lipinski definition) is 1. The standard InChI is InChI=1S/C25H32F3NO3/c1-3-24(28,4-2)17-29-14-11-18(12-15-29)16-32-25(23(30)31)13-10-20(21(26)22(25)27)19-8-6-5-7-9-19/h5-10,13,18,22H,3-4,11-12,14-17H2,1-2H3,(H,30,31). The fourth-order valence-electron chi connectivity index (χ4n) is 4.35. The first-order valence-corrected chi connectivity index (χ1v) is 11.3. The molecule has 0 bridgehead atoms. The van der Waals surface area contributed by atoms with Crippen molar-refractivity contribution in [3.8, 4) is 0 Å². The van der Waals surface area contributed by atoms with E-state index in [-0.39, 0.29) is 18.1 Å². The molecule has 1 fully saturated rings. The molecule has 0 radical (unpaired) electrons. The van der Waals surface area contributed by atoms with E-state index in [1.54, 1.807) is 30.3 Å². The molecule has 1 aliphatic heterocycles. The summed E-state index contributed by atoms with van der Waals surface area (Å²) in [5.41, 5.74) is -3.10. The zero-order chi connectivity index (χ0) is 23.4. The zero-order valence-electron chi connectivity index (χ0n) is 18.7. The Labute approximate surface area is 187 Å². The monoisotopic (exact) mass is 451 g/mol. The van der Waals surface area contributed by atoms with E-state index >= 15 is 4.39 Å². The summed E-state index contributed by atoms with van der Waals surface area (Å²) < 4.78 is 50.3. The molecule has 7 heteroatoms. The molecular weight excluding hydrogens is 419 g/mol. The number of hydrogen-bond acceptors (Lipinski definition) is 3. The van der Waals surface area contributed by atoms with Gasteiger partial charge in [0.1, 0.15) is 11.5 Å². The Morgan fingerprint density at radius 3 is 2.41 bits per heavy atom. The smallest absolute Gasteiger partial charge is 0.343 e. The zero-order valence-corrected chi connectivity index (χ0v) is 18.7. The molecule has 0 aromatic heterocycles. The maximum Gasteiger partial charge on any atom is 0.343 e. The number of benzene rings is 1. The number of ether oxygens (including phenoxy) is 1. The second-order valence-corrected chi connectivity index (χ2v) is 8.81. The largest absolute Gasteiger partial charge is 0.479 e. The van der Waals surface area contributed by atoms with Gasteiger partial charge >= 0.3 is 5.97 Å². The topological polar surface area (TPSA) is 49.8 Å². The van der Waals surface area contributed by atoms with E-state index in [0.29, 0.717) is 50.9 Å². The predicted octanol–water partition coefficient (Wildman–Crippen LogP) is 5.36. The van der Waals surface area contributed by atoms with Gasteiger partial charge in [0.25, 0.3) is 0 Å². The molecule has 0 saturated carbocycles. The minimum Gasteiger partial charge on any atom is -0.479 e. The molecular formula is C25H32F3NO3. The molecule has 2 aliphatic rings. The summed E-state index contributed by atoms with van der Waals surface area (Å²) in [4.78, 5) is 14.0. The van der Waals surface area contributed by atoms with Gasteiger partial charge in [-0.3, -0.25) is 0 Å². The van der Waals surface area contributed by atoms with Crippen molar-refractivity contribution in [3.05, 3.63) is 53.9 Å². The number of likely N-dealkylation sites (tertiary alicyclic amines) is 1. The van der Waals surface area contributed by atoms with Crippen molar-refractivity contribution in [2.24, 2.45) is 5.92 Å². The Bertz CT molecular complexity index is 845. The van der Waals surface area contributed by atoms with E-state index in [1.807, 2.05) is 13.8 Å². The summed E-state index contributed by atoms with van der Waals surface area (Å²) in [6.45, 7) is 5.40. The molecule has 2 unspecified atom stereocenters. The first-order chi connectivity index (χ1) is 15.2. The number of carbonyl (C=O) groups is 1. The molecule has 3 rings (SSSR count). The molecule has 1 aromatic carbocycles. The van der Waals surface area contributed by atoms with E-state index < -0.39 is 29.2 Å². The first-order valence-electron chi connectivity index (χ1n) is 11.3. The maximum atomic E-state index is 15.1. The average molecular weight is 452 g/mol.